The van der Waals surface area contributed by atoms with Crippen LogP contribution in [-0.2, 0) is 9.59 Å². The number of anilines is 2. The van der Waals surface area contributed by atoms with Crippen LogP contribution in [0.25, 0.3) is 6.08 Å². The van der Waals surface area contributed by atoms with Gasteiger partial charge in [0.15, 0.2) is 0 Å². The predicted molar refractivity (Wildman–Crippen MR) is 165 cm³/mol. The molecule has 0 saturated heterocycles. The van der Waals surface area contributed by atoms with Gasteiger partial charge in [0.1, 0.15) is 23.0 Å². The molecule has 0 aliphatic heterocycles. The van der Waals surface area contributed by atoms with Crippen LogP contribution in [0.15, 0.2) is 108 Å². The van der Waals surface area contributed by atoms with Crippen LogP contribution in [0.5, 0.6) is 11.5 Å². The number of carbonyl (C=O) groups is 3. The number of ether oxygens (including phenoxy) is 2. The highest BCUT2D eigenvalue weighted by Gasteiger charge is 2.18. The van der Waals surface area contributed by atoms with Crippen LogP contribution < -0.4 is 25.4 Å². The summed E-state index contributed by atoms with van der Waals surface area (Å²) in [4.78, 5) is 44.1. The van der Waals surface area contributed by atoms with E-state index < -0.39 is 17.1 Å². The van der Waals surface area contributed by atoms with Gasteiger partial charge >= 0.3 is 0 Å². The van der Waals surface area contributed by atoms with Gasteiger partial charge in [0.25, 0.3) is 11.8 Å². The van der Waals surface area contributed by atoms with Crippen LogP contribution in [0.4, 0.5) is 11.5 Å². The number of carbonyl (C=O) groups excluding carboxylic acids is 3. The van der Waals surface area contributed by atoms with E-state index in [4.69, 9.17) is 9.47 Å². The number of rotatable bonds is 11. The topological polar surface area (TPSA) is 119 Å². The Balaban J connectivity index is 1.54. The van der Waals surface area contributed by atoms with Crippen molar-refractivity contribution in [2.24, 2.45) is 0 Å². The first-order chi connectivity index (χ1) is 20.4. The Morgan fingerprint density at radius 1 is 0.857 bits per heavy atom. The molecule has 0 fully saturated rings. The zero-order valence-electron chi connectivity index (χ0n) is 23.3. The zero-order chi connectivity index (χ0) is 29.9. The fourth-order valence-electron chi connectivity index (χ4n) is 3.80. The number of nitrogens with one attached hydrogen (secondary N) is 3. The quantitative estimate of drug-likeness (QED) is 0.155. The highest BCUT2D eigenvalue weighted by molar-refractivity contribution is 8.00. The lowest BCUT2D eigenvalue weighted by molar-refractivity contribution is -0.115. The van der Waals surface area contributed by atoms with Gasteiger partial charge < -0.3 is 25.4 Å². The van der Waals surface area contributed by atoms with Crippen LogP contribution in [0, 0.1) is 0 Å². The third kappa shape index (κ3) is 8.21. The van der Waals surface area contributed by atoms with E-state index >= 15 is 0 Å². The van der Waals surface area contributed by atoms with Crippen molar-refractivity contribution in [3.63, 3.8) is 0 Å². The van der Waals surface area contributed by atoms with Gasteiger partial charge in [0.2, 0.25) is 5.91 Å². The lowest BCUT2D eigenvalue weighted by Crippen LogP contribution is -2.30. The molecule has 214 valence electrons. The van der Waals surface area contributed by atoms with Crippen LogP contribution in [-0.4, -0.2) is 42.2 Å². The lowest BCUT2D eigenvalue weighted by atomic mass is 10.1. The standard InChI is InChI=1S/C32H30N4O5S/c1-21(30(37)36-29-14-7-8-17-33-29)42-26-13-9-12-24(19-26)34-32(39)27(35-31(38)22-10-5-4-6-11-22)18-23-15-16-25(40-2)20-28(23)41-3/h4-21H,1-3H3,(H,34,39)(H,35,38)(H,33,36,37)/b27-18+. The molecule has 0 aliphatic rings. The summed E-state index contributed by atoms with van der Waals surface area (Å²) in [6.45, 7) is 1.79. The van der Waals surface area contributed by atoms with Gasteiger partial charge in [-0.15, -0.1) is 11.8 Å². The van der Waals surface area contributed by atoms with Crippen LogP contribution >= 0.6 is 11.8 Å². The highest BCUT2D eigenvalue weighted by atomic mass is 32.2. The Morgan fingerprint density at radius 2 is 1.64 bits per heavy atom. The van der Waals surface area contributed by atoms with Crippen molar-refractivity contribution in [2.75, 3.05) is 24.9 Å². The average Bonchev–Trinajstić information content (AvgIpc) is 3.01. The van der Waals surface area contributed by atoms with Gasteiger partial charge in [0, 0.05) is 34.0 Å². The molecule has 1 atom stereocenters. The normalized spacial score (nSPS) is 11.6. The molecule has 1 aromatic heterocycles. The number of amides is 3. The van der Waals surface area contributed by atoms with E-state index in [-0.39, 0.29) is 11.6 Å². The molecule has 1 heterocycles. The van der Waals surface area contributed by atoms with E-state index in [1.807, 2.05) is 6.07 Å². The maximum absolute atomic E-state index is 13.5. The summed E-state index contributed by atoms with van der Waals surface area (Å²) in [5.74, 6) is 0.337. The Hall–Kier alpha value is -5.09. The summed E-state index contributed by atoms with van der Waals surface area (Å²) in [6, 6.07) is 26.1. The second-order valence-electron chi connectivity index (χ2n) is 8.93. The number of pyridine rings is 1. The number of hydrogen-bond donors (Lipinski definition) is 3. The number of thioether (sulfide) groups is 1. The smallest absolute Gasteiger partial charge is 0.272 e. The Bertz CT molecular complexity index is 1580. The van der Waals surface area contributed by atoms with Crippen molar-refractivity contribution in [3.05, 3.63) is 114 Å². The molecule has 3 N–H and O–H groups in total. The summed E-state index contributed by atoms with van der Waals surface area (Å²) in [5.41, 5.74) is 1.46. The molecule has 4 rings (SSSR count). The number of hydrogen-bond acceptors (Lipinski definition) is 7. The maximum Gasteiger partial charge on any atom is 0.272 e. The molecule has 0 saturated carbocycles. The molecular weight excluding hydrogens is 552 g/mol. The van der Waals surface area contributed by atoms with E-state index in [1.165, 1.54) is 24.9 Å². The third-order valence-corrected chi connectivity index (χ3v) is 7.05. The van der Waals surface area contributed by atoms with Crippen LogP contribution in [0.1, 0.15) is 22.8 Å². The number of nitrogens with zero attached hydrogens (tertiary/aromatic N) is 1. The van der Waals surface area contributed by atoms with E-state index in [9.17, 15) is 14.4 Å². The molecule has 9 nitrogen and oxygen atoms in total. The van der Waals surface area contributed by atoms with Crippen LogP contribution in [0.2, 0.25) is 0 Å². The maximum atomic E-state index is 13.5. The molecular formula is C32H30N4O5S. The van der Waals surface area contributed by atoms with Gasteiger partial charge in [-0.1, -0.05) is 30.3 Å². The number of benzene rings is 3. The summed E-state index contributed by atoms with van der Waals surface area (Å²) in [5, 5.41) is 7.94. The van der Waals surface area contributed by atoms with Crippen LogP contribution in [0.3, 0.4) is 0 Å². The van der Waals surface area contributed by atoms with Gasteiger partial charge in [-0.25, -0.2) is 4.98 Å². The fourth-order valence-corrected chi connectivity index (χ4v) is 4.73. The second-order valence-corrected chi connectivity index (χ2v) is 10.3. The van der Waals surface area contributed by atoms with E-state index in [2.05, 4.69) is 20.9 Å². The summed E-state index contributed by atoms with van der Waals surface area (Å²) < 4.78 is 10.7. The Morgan fingerprint density at radius 3 is 2.36 bits per heavy atom. The first-order valence-electron chi connectivity index (χ1n) is 13.0. The lowest BCUT2D eigenvalue weighted by Gasteiger charge is -2.14. The minimum atomic E-state index is -0.541. The first-order valence-corrected chi connectivity index (χ1v) is 13.8. The summed E-state index contributed by atoms with van der Waals surface area (Å²) in [7, 11) is 3.05. The minimum absolute atomic E-state index is 0.00785. The van der Waals surface area contributed by atoms with Crippen molar-refractivity contribution < 1.29 is 23.9 Å². The molecule has 3 aromatic carbocycles. The van der Waals surface area contributed by atoms with Gasteiger partial charge in [-0.3, -0.25) is 14.4 Å². The SMILES string of the molecule is COc1ccc(/C=C(/NC(=O)c2ccccc2)C(=O)Nc2cccc(SC(C)C(=O)Nc3ccccn3)c2)c(OC)c1. The highest BCUT2D eigenvalue weighted by Crippen LogP contribution is 2.28. The summed E-state index contributed by atoms with van der Waals surface area (Å²) >= 11 is 1.34. The van der Waals surface area contributed by atoms with Crippen molar-refractivity contribution >= 4 is 47.1 Å². The van der Waals surface area contributed by atoms with Crippen molar-refractivity contribution in [1.29, 1.82) is 0 Å². The number of methoxy groups -OCH3 is 2. The second kappa shape index (κ2) is 14.5. The largest absolute Gasteiger partial charge is 0.497 e. The van der Waals surface area contributed by atoms with E-state index in [0.29, 0.717) is 34.1 Å². The molecule has 3 amide bonds. The zero-order valence-corrected chi connectivity index (χ0v) is 24.1. The third-order valence-electron chi connectivity index (χ3n) is 5.96. The van der Waals surface area contributed by atoms with E-state index in [0.717, 1.165) is 4.90 Å². The minimum Gasteiger partial charge on any atom is -0.497 e. The molecule has 10 heteroatoms. The van der Waals surface area contributed by atoms with Crippen molar-refractivity contribution in [3.8, 4) is 11.5 Å². The molecule has 4 aromatic rings. The molecule has 42 heavy (non-hydrogen) atoms. The molecule has 0 radical (unpaired) electrons. The van der Waals surface area contributed by atoms with Crippen molar-refractivity contribution in [1.82, 2.24) is 10.3 Å². The molecule has 0 aliphatic carbocycles. The number of aromatic nitrogens is 1. The Labute approximate surface area is 248 Å². The van der Waals surface area contributed by atoms with Gasteiger partial charge in [-0.2, -0.15) is 0 Å². The van der Waals surface area contributed by atoms with E-state index in [1.54, 1.807) is 105 Å². The molecule has 0 spiro atoms. The van der Waals surface area contributed by atoms with Crippen molar-refractivity contribution in [2.45, 2.75) is 17.1 Å². The predicted octanol–water partition coefficient (Wildman–Crippen LogP) is 5.63. The Kier molecular flexibility index (Phi) is 10.3. The molecule has 1 unspecified atom stereocenters. The fraction of sp³-hybridized carbons (Fsp3) is 0.125. The van der Waals surface area contributed by atoms with Gasteiger partial charge in [0.05, 0.1) is 19.5 Å². The average molecular weight is 583 g/mol. The first kappa shape index (κ1) is 29.9. The monoisotopic (exact) mass is 582 g/mol. The molecule has 0 bridgehead atoms. The van der Waals surface area contributed by atoms with Gasteiger partial charge in [-0.05, 0) is 67.6 Å². The summed E-state index contributed by atoms with van der Waals surface area (Å²) in [6.07, 6.45) is 3.15.